The summed E-state index contributed by atoms with van der Waals surface area (Å²) >= 11 is 0. The highest BCUT2D eigenvalue weighted by Gasteiger charge is 2.07. The molecular weight excluding hydrogens is 230 g/mol. The monoisotopic (exact) mass is 253 g/mol. The minimum absolute atomic E-state index is 0.167. The average Bonchev–Trinajstić information content (AvgIpc) is 2.37. The van der Waals surface area contributed by atoms with Crippen LogP contribution in [-0.4, -0.2) is 38.1 Å². The van der Waals surface area contributed by atoms with Gasteiger partial charge in [-0.2, -0.15) is 0 Å². The Balaban J connectivity index is 2.47. The molecule has 0 radical (unpaired) electrons. The van der Waals surface area contributed by atoms with Gasteiger partial charge in [-0.1, -0.05) is 12.1 Å². The van der Waals surface area contributed by atoms with Gasteiger partial charge < -0.3 is 19.9 Å². The van der Waals surface area contributed by atoms with E-state index < -0.39 is 0 Å². The fraction of sp³-hybridized carbons (Fsp3) is 0.571. The van der Waals surface area contributed by atoms with Gasteiger partial charge in [-0.15, -0.1) is 0 Å². The maximum atomic E-state index is 8.96. The second-order valence-corrected chi connectivity index (χ2v) is 4.13. The molecule has 2 N–H and O–H groups in total. The first-order chi connectivity index (χ1) is 8.80. The summed E-state index contributed by atoms with van der Waals surface area (Å²) < 4.78 is 10.6. The Morgan fingerprint density at radius 3 is 2.89 bits per heavy atom. The number of benzene rings is 1. The molecule has 4 heteroatoms. The molecule has 1 rings (SSSR count). The number of hydrogen-bond acceptors (Lipinski definition) is 4. The zero-order valence-corrected chi connectivity index (χ0v) is 11.2. The standard InChI is InChI=1S/C14H23NO3/c1-3-18-14-6-4-5-12(9-14)10-15-13(7-8-16)11-17-2/h4-6,9,13,15-16H,3,7-8,10-11H2,1-2H3. The van der Waals surface area contributed by atoms with Crippen molar-refractivity contribution in [3.05, 3.63) is 29.8 Å². The Labute approximate surface area is 109 Å². The number of ether oxygens (including phenoxy) is 2. The highest BCUT2D eigenvalue weighted by Crippen LogP contribution is 2.13. The van der Waals surface area contributed by atoms with Gasteiger partial charge in [0.05, 0.1) is 13.2 Å². The van der Waals surface area contributed by atoms with Crippen molar-refractivity contribution in [2.75, 3.05) is 26.9 Å². The van der Waals surface area contributed by atoms with Crippen molar-refractivity contribution in [1.82, 2.24) is 5.32 Å². The minimum atomic E-state index is 0.167. The number of aliphatic hydroxyl groups is 1. The van der Waals surface area contributed by atoms with E-state index in [1.54, 1.807) is 7.11 Å². The largest absolute Gasteiger partial charge is 0.494 e. The van der Waals surface area contributed by atoms with Gasteiger partial charge in [0.25, 0.3) is 0 Å². The smallest absolute Gasteiger partial charge is 0.119 e. The lowest BCUT2D eigenvalue weighted by molar-refractivity contribution is 0.148. The molecule has 0 aliphatic rings. The van der Waals surface area contributed by atoms with Crippen LogP contribution in [0.4, 0.5) is 0 Å². The normalized spacial score (nSPS) is 12.4. The Morgan fingerprint density at radius 2 is 2.22 bits per heavy atom. The van der Waals surface area contributed by atoms with Gasteiger partial charge in [-0.05, 0) is 31.0 Å². The summed E-state index contributed by atoms with van der Waals surface area (Å²) in [6.07, 6.45) is 0.693. The van der Waals surface area contributed by atoms with Crippen molar-refractivity contribution in [2.24, 2.45) is 0 Å². The van der Waals surface area contributed by atoms with E-state index >= 15 is 0 Å². The summed E-state index contributed by atoms with van der Waals surface area (Å²) in [5, 5.41) is 12.3. The summed E-state index contributed by atoms with van der Waals surface area (Å²) in [6, 6.07) is 8.19. The highest BCUT2D eigenvalue weighted by atomic mass is 16.5. The van der Waals surface area contributed by atoms with Crippen molar-refractivity contribution in [3.63, 3.8) is 0 Å². The Morgan fingerprint density at radius 1 is 1.39 bits per heavy atom. The van der Waals surface area contributed by atoms with Gasteiger partial charge in [-0.25, -0.2) is 0 Å². The molecule has 18 heavy (non-hydrogen) atoms. The Kier molecular flexibility index (Phi) is 7.41. The lowest BCUT2D eigenvalue weighted by Gasteiger charge is -2.17. The molecule has 1 aromatic carbocycles. The second-order valence-electron chi connectivity index (χ2n) is 4.13. The molecule has 0 fully saturated rings. The van der Waals surface area contributed by atoms with Crippen LogP contribution in [-0.2, 0) is 11.3 Å². The molecule has 1 unspecified atom stereocenters. The quantitative estimate of drug-likeness (QED) is 0.701. The third kappa shape index (κ3) is 5.49. The van der Waals surface area contributed by atoms with Gasteiger partial charge in [0.1, 0.15) is 5.75 Å². The van der Waals surface area contributed by atoms with Crippen molar-refractivity contribution in [3.8, 4) is 5.75 Å². The molecule has 4 nitrogen and oxygen atoms in total. The van der Waals surface area contributed by atoms with Crippen LogP contribution in [0, 0.1) is 0 Å². The highest BCUT2D eigenvalue weighted by molar-refractivity contribution is 5.28. The number of hydrogen-bond donors (Lipinski definition) is 2. The molecule has 102 valence electrons. The number of aliphatic hydroxyl groups excluding tert-OH is 1. The van der Waals surface area contributed by atoms with Crippen LogP contribution in [0.2, 0.25) is 0 Å². The topological polar surface area (TPSA) is 50.7 Å². The third-order valence-corrected chi connectivity index (χ3v) is 2.65. The van der Waals surface area contributed by atoms with E-state index in [9.17, 15) is 0 Å². The van der Waals surface area contributed by atoms with Crippen LogP contribution in [0.1, 0.15) is 18.9 Å². The maximum absolute atomic E-state index is 8.96. The lowest BCUT2D eigenvalue weighted by atomic mass is 10.1. The summed E-state index contributed by atoms with van der Waals surface area (Å²) in [4.78, 5) is 0. The molecule has 1 atom stereocenters. The predicted molar refractivity (Wildman–Crippen MR) is 71.8 cm³/mol. The van der Waals surface area contributed by atoms with Crippen LogP contribution in [0.5, 0.6) is 5.75 Å². The average molecular weight is 253 g/mol. The van der Waals surface area contributed by atoms with Crippen molar-refractivity contribution in [2.45, 2.75) is 25.9 Å². The molecule has 0 amide bonds. The molecule has 0 heterocycles. The van der Waals surface area contributed by atoms with Gasteiger partial charge >= 0.3 is 0 Å². The van der Waals surface area contributed by atoms with Crippen LogP contribution in [0.15, 0.2) is 24.3 Å². The summed E-state index contributed by atoms with van der Waals surface area (Å²) in [6.45, 7) is 4.16. The summed E-state index contributed by atoms with van der Waals surface area (Å²) in [5.74, 6) is 0.891. The number of rotatable bonds is 9. The molecular formula is C14H23NO3. The Hall–Kier alpha value is -1.10. The van der Waals surface area contributed by atoms with Crippen molar-refractivity contribution >= 4 is 0 Å². The van der Waals surface area contributed by atoms with Crippen LogP contribution < -0.4 is 10.1 Å². The zero-order valence-electron chi connectivity index (χ0n) is 11.2. The van der Waals surface area contributed by atoms with E-state index in [0.29, 0.717) is 19.6 Å². The van der Waals surface area contributed by atoms with Gasteiger partial charge in [0.2, 0.25) is 0 Å². The minimum Gasteiger partial charge on any atom is -0.494 e. The maximum Gasteiger partial charge on any atom is 0.119 e. The molecule has 0 aromatic heterocycles. The Bertz CT molecular complexity index is 325. The number of nitrogens with one attached hydrogen (secondary N) is 1. The SMILES string of the molecule is CCOc1cccc(CNC(CCO)COC)c1. The van der Waals surface area contributed by atoms with Crippen molar-refractivity contribution < 1.29 is 14.6 Å². The molecule has 1 aromatic rings. The molecule has 0 bridgehead atoms. The van der Waals surface area contributed by atoms with Crippen molar-refractivity contribution in [1.29, 1.82) is 0 Å². The fourth-order valence-corrected chi connectivity index (χ4v) is 1.78. The fourth-order valence-electron chi connectivity index (χ4n) is 1.78. The van der Waals surface area contributed by atoms with E-state index in [4.69, 9.17) is 14.6 Å². The number of methoxy groups -OCH3 is 1. The van der Waals surface area contributed by atoms with E-state index in [2.05, 4.69) is 11.4 Å². The van der Waals surface area contributed by atoms with Gasteiger partial charge in [0, 0.05) is 26.3 Å². The molecule has 0 aliphatic carbocycles. The van der Waals surface area contributed by atoms with E-state index in [-0.39, 0.29) is 12.6 Å². The van der Waals surface area contributed by atoms with Crippen LogP contribution in [0.25, 0.3) is 0 Å². The predicted octanol–water partition coefficient (Wildman–Crippen LogP) is 1.57. The first-order valence-electron chi connectivity index (χ1n) is 6.35. The molecule has 0 saturated carbocycles. The van der Waals surface area contributed by atoms with E-state index in [1.165, 1.54) is 5.56 Å². The first-order valence-corrected chi connectivity index (χ1v) is 6.35. The lowest BCUT2D eigenvalue weighted by Crippen LogP contribution is -2.33. The van der Waals surface area contributed by atoms with Crippen LogP contribution in [0.3, 0.4) is 0 Å². The summed E-state index contributed by atoms with van der Waals surface area (Å²) in [7, 11) is 1.67. The third-order valence-electron chi connectivity index (χ3n) is 2.65. The summed E-state index contributed by atoms with van der Waals surface area (Å²) in [5.41, 5.74) is 1.17. The molecule has 0 aliphatic heterocycles. The first kappa shape index (κ1) is 15.0. The van der Waals surface area contributed by atoms with Gasteiger partial charge in [0.15, 0.2) is 0 Å². The van der Waals surface area contributed by atoms with Gasteiger partial charge in [-0.3, -0.25) is 0 Å². The molecule has 0 saturated heterocycles. The molecule has 0 spiro atoms. The second kappa shape index (κ2) is 8.91. The van der Waals surface area contributed by atoms with E-state index in [0.717, 1.165) is 12.3 Å². The van der Waals surface area contributed by atoms with E-state index in [1.807, 2.05) is 25.1 Å². The van der Waals surface area contributed by atoms with Crippen LogP contribution >= 0.6 is 0 Å². The zero-order chi connectivity index (χ0) is 13.2.